The Kier molecular flexibility index (Phi) is 6.51. The number of hydrogen-bond donors (Lipinski definition) is 0. The third-order valence-electron chi connectivity index (χ3n) is 5.29. The fourth-order valence-corrected chi connectivity index (χ4v) is 3.82. The van der Waals surface area contributed by atoms with Crippen molar-refractivity contribution in [2.24, 2.45) is 5.92 Å². The van der Waals surface area contributed by atoms with E-state index in [-0.39, 0.29) is 5.91 Å². The number of ether oxygens (including phenoxy) is 1. The molecule has 0 saturated carbocycles. The van der Waals surface area contributed by atoms with Crippen LogP contribution in [0.2, 0.25) is 0 Å². The van der Waals surface area contributed by atoms with Crippen molar-refractivity contribution in [3.8, 4) is 5.75 Å². The molecule has 1 aliphatic heterocycles. The molecule has 0 bridgehead atoms. The molecule has 1 aliphatic rings. The summed E-state index contributed by atoms with van der Waals surface area (Å²) in [5, 5.41) is 0. The van der Waals surface area contributed by atoms with E-state index in [1.54, 1.807) is 12.0 Å². The van der Waals surface area contributed by atoms with Crippen molar-refractivity contribution in [2.75, 3.05) is 27.2 Å². The number of benzene rings is 2. The van der Waals surface area contributed by atoms with Crippen LogP contribution in [0.3, 0.4) is 0 Å². The van der Waals surface area contributed by atoms with Gasteiger partial charge in [0.2, 0.25) is 0 Å². The van der Waals surface area contributed by atoms with Crippen molar-refractivity contribution < 1.29 is 9.53 Å². The fourth-order valence-electron chi connectivity index (χ4n) is 3.82. The molecule has 3 rings (SSSR count). The second-order valence-corrected chi connectivity index (χ2v) is 7.65. The molecule has 144 valence electrons. The predicted molar refractivity (Wildman–Crippen MR) is 109 cm³/mol. The lowest BCUT2D eigenvalue weighted by molar-refractivity contribution is 0.0784. The third kappa shape index (κ3) is 5.10. The number of hydrogen-bond acceptors (Lipinski definition) is 3. The maximum atomic E-state index is 12.8. The van der Waals surface area contributed by atoms with Gasteiger partial charge in [-0.2, -0.15) is 0 Å². The van der Waals surface area contributed by atoms with E-state index in [0.717, 1.165) is 29.3 Å². The Hall–Kier alpha value is -2.33. The van der Waals surface area contributed by atoms with Crippen LogP contribution in [-0.4, -0.2) is 43.0 Å². The number of piperidine rings is 1. The van der Waals surface area contributed by atoms with Gasteiger partial charge in [-0.25, -0.2) is 0 Å². The number of methoxy groups -OCH3 is 1. The van der Waals surface area contributed by atoms with Crippen LogP contribution in [0.5, 0.6) is 5.75 Å². The molecule has 1 heterocycles. The van der Waals surface area contributed by atoms with Crippen molar-refractivity contribution in [2.45, 2.75) is 32.9 Å². The van der Waals surface area contributed by atoms with Crippen LogP contribution in [0.25, 0.3) is 0 Å². The van der Waals surface area contributed by atoms with E-state index in [2.05, 4.69) is 24.0 Å². The molecule has 1 fully saturated rings. The van der Waals surface area contributed by atoms with Crippen LogP contribution in [0.1, 0.15) is 41.3 Å². The molecule has 1 amide bonds. The highest BCUT2D eigenvalue weighted by atomic mass is 16.5. The number of likely N-dealkylation sites (tertiary alicyclic amines) is 1. The molecule has 4 heteroatoms. The summed E-state index contributed by atoms with van der Waals surface area (Å²) < 4.78 is 5.38. The molecular weight excluding hydrogens is 336 g/mol. The van der Waals surface area contributed by atoms with E-state index >= 15 is 0 Å². The summed E-state index contributed by atoms with van der Waals surface area (Å²) in [6, 6.07) is 15.9. The van der Waals surface area contributed by atoms with Crippen molar-refractivity contribution in [3.63, 3.8) is 0 Å². The summed E-state index contributed by atoms with van der Waals surface area (Å²) in [5.41, 5.74) is 3.00. The number of carbonyl (C=O) groups excluding carboxylic acids is 1. The van der Waals surface area contributed by atoms with Gasteiger partial charge in [0, 0.05) is 37.8 Å². The third-order valence-corrected chi connectivity index (χ3v) is 5.29. The summed E-state index contributed by atoms with van der Waals surface area (Å²) in [5.74, 6) is 1.62. The number of rotatable bonds is 6. The van der Waals surface area contributed by atoms with Crippen LogP contribution < -0.4 is 4.74 Å². The normalized spacial score (nSPS) is 17.5. The molecule has 0 aliphatic carbocycles. The van der Waals surface area contributed by atoms with E-state index in [9.17, 15) is 4.79 Å². The van der Waals surface area contributed by atoms with Gasteiger partial charge in [0.1, 0.15) is 5.75 Å². The monoisotopic (exact) mass is 366 g/mol. The highest BCUT2D eigenvalue weighted by Gasteiger charge is 2.17. The van der Waals surface area contributed by atoms with Gasteiger partial charge in [0.25, 0.3) is 5.91 Å². The van der Waals surface area contributed by atoms with Crippen LogP contribution >= 0.6 is 0 Å². The van der Waals surface area contributed by atoms with Gasteiger partial charge in [0.15, 0.2) is 0 Å². The van der Waals surface area contributed by atoms with Gasteiger partial charge in [-0.1, -0.05) is 37.3 Å². The molecular formula is C23H30N2O2. The molecule has 0 N–H and O–H groups in total. The van der Waals surface area contributed by atoms with Gasteiger partial charge in [-0.05, 0) is 49.1 Å². The van der Waals surface area contributed by atoms with Crippen molar-refractivity contribution in [3.05, 3.63) is 65.2 Å². The molecule has 0 radical (unpaired) electrons. The van der Waals surface area contributed by atoms with E-state index in [0.29, 0.717) is 6.54 Å². The zero-order valence-corrected chi connectivity index (χ0v) is 16.6. The summed E-state index contributed by atoms with van der Waals surface area (Å²) in [7, 11) is 3.49. The molecule has 1 atom stereocenters. The van der Waals surface area contributed by atoms with Crippen LogP contribution in [0, 0.1) is 5.92 Å². The van der Waals surface area contributed by atoms with Crippen molar-refractivity contribution in [1.29, 1.82) is 0 Å². The summed E-state index contributed by atoms with van der Waals surface area (Å²) in [4.78, 5) is 17.0. The Morgan fingerprint density at radius 3 is 2.63 bits per heavy atom. The van der Waals surface area contributed by atoms with E-state index in [1.807, 2.05) is 43.4 Å². The minimum absolute atomic E-state index is 0.0269. The van der Waals surface area contributed by atoms with E-state index < -0.39 is 0 Å². The molecule has 27 heavy (non-hydrogen) atoms. The number of amides is 1. The first-order valence-corrected chi connectivity index (χ1v) is 9.75. The maximum Gasteiger partial charge on any atom is 0.253 e. The Bertz CT molecular complexity index is 757. The molecule has 1 unspecified atom stereocenters. The molecule has 1 saturated heterocycles. The second-order valence-electron chi connectivity index (χ2n) is 7.65. The van der Waals surface area contributed by atoms with Gasteiger partial charge >= 0.3 is 0 Å². The van der Waals surface area contributed by atoms with Gasteiger partial charge < -0.3 is 9.64 Å². The summed E-state index contributed by atoms with van der Waals surface area (Å²) in [6.07, 6.45) is 2.62. The Morgan fingerprint density at radius 1 is 1.19 bits per heavy atom. The quantitative estimate of drug-likeness (QED) is 0.768. The predicted octanol–water partition coefficient (Wildman–Crippen LogP) is 4.20. The first kappa shape index (κ1) is 19.4. The molecule has 2 aromatic carbocycles. The van der Waals surface area contributed by atoms with Crippen LogP contribution in [0.4, 0.5) is 0 Å². The Morgan fingerprint density at radius 2 is 1.93 bits per heavy atom. The lowest BCUT2D eigenvalue weighted by Gasteiger charge is -2.30. The lowest BCUT2D eigenvalue weighted by atomic mass is 9.99. The number of carbonyl (C=O) groups is 1. The second kappa shape index (κ2) is 9.05. The Labute approximate surface area is 162 Å². The van der Waals surface area contributed by atoms with Gasteiger partial charge in [0.05, 0.1) is 7.11 Å². The van der Waals surface area contributed by atoms with Gasteiger partial charge in [-0.15, -0.1) is 0 Å². The number of nitrogens with zero attached hydrogens (tertiary/aromatic N) is 2. The highest BCUT2D eigenvalue weighted by molar-refractivity contribution is 5.94. The van der Waals surface area contributed by atoms with Crippen molar-refractivity contribution >= 4 is 5.91 Å². The summed E-state index contributed by atoms with van der Waals surface area (Å²) in [6.45, 7) is 6.16. The fraction of sp³-hybridized carbons (Fsp3) is 0.435. The minimum Gasteiger partial charge on any atom is -0.496 e. The number of para-hydroxylation sites is 1. The molecule has 2 aromatic rings. The first-order chi connectivity index (χ1) is 13.1. The highest BCUT2D eigenvalue weighted by Crippen LogP contribution is 2.21. The molecule has 0 aromatic heterocycles. The first-order valence-electron chi connectivity index (χ1n) is 9.75. The van der Waals surface area contributed by atoms with Gasteiger partial charge in [-0.3, -0.25) is 9.69 Å². The molecule has 0 spiro atoms. The minimum atomic E-state index is 0.0269. The Balaban J connectivity index is 1.61. The zero-order chi connectivity index (χ0) is 19.2. The average Bonchev–Trinajstić information content (AvgIpc) is 2.68. The lowest BCUT2D eigenvalue weighted by Crippen LogP contribution is -2.33. The maximum absolute atomic E-state index is 12.8. The van der Waals surface area contributed by atoms with E-state index in [1.165, 1.54) is 31.5 Å². The average molecular weight is 367 g/mol. The van der Waals surface area contributed by atoms with Crippen LogP contribution in [0.15, 0.2) is 48.5 Å². The van der Waals surface area contributed by atoms with Crippen LogP contribution in [-0.2, 0) is 13.1 Å². The largest absolute Gasteiger partial charge is 0.496 e. The van der Waals surface area contributed by atoms with Crippen molar-refractivity contribution in [1.82, 2.24) is 9.80 Å². The zero-order valence-electron chi connectivity index (χ0n) is 16.6. The molecule has 4 nitrogen and oxygen atoms in total. The smallest absolute Gasteiger partial charge is 0.253 e. The summed E-state index contributed by atoms with van der Waals surface area (Å²) >= 11 is 0. The van der Waals surface area contributed by atoms with E-state index in [4.69, 9.17) is 4.74 Å². The SMILES string of the molecule is COc1ccccc1CN(C)C(=O)c1ccc(CN2CCCC(C)C2)cc1. The topological polar surface area (TPSA) is 32.8 Å². The standard InChI is InChI=1S/C23H30N2O2/c1-18-7-6-14-25(15-18)16-19-10-12-20(13-11-19)23(26)24(2)17-21-8-4-5-9-22(21)27-3/h4-5,8-13,18H,6-7,14-17H2,1-3H3.